The number of hydrogen-bond acceptors (Lipinski definition) is 3. The Morgan fingerprint density at radius 3 is 2.32 bits per heavy atom. The molecule has 1 aromatic rings. The van der Waals surface area contributed by atoms with Gasteiger partial charge in [-0.25, -0.2) is 0 Å². The second kappa shape index (κ2) is 11.4. The van der Waals surface area contributed by atoms with Crippen LogP contribution in [0.3, 0.4) is 0 Å². The van der Waals surface area contributed by atoms with Gasteiger partial charge in [-0.15, -0.1) is 24.0 Å². The lowest BCUT2D eigenvalue weighted by molar-refractivity contribution is 0.354. The summed E-state index contributed by atoms with van der Waals surface area (Å²) in [5, 5.41) is 0. The maximum absolute atomic E-state index is 5.94. The van der Waals surface area contributed by atoms with Crippen LogP contribution in [-0.4, -0.2) is 44.7 Å². The van der Waals surface area contributed by atoms with Gasteiger partial charge in [0.1, 0.15) is 0 Å². The molecule has 0 fully saturated rings. The molecule has 0 aliphatic carbocycles. The molecule has 22 heavy (non-hydrogen) atoms. The maximum Gasteiger partial charge on any atom is 0.191 e. The van der Waals surface area contributed by atoms with E-state index in [1.807, 2.05) is 12.1 Å². The number of ether oxygens (including phenoxy) is 2. The van der Waals surface area contributed by atoms with Crippen molar-refractivity contribution in [3.63, 3.8) is 0 Å². The fourth-order valence-corrected chi connectivity index (χ4v) is 2.16. The van der Waals surface area contributed by atoms with Crippen LogP contribution < -0.4 is 15.2 Å². The summed E-state index contributed by atoms with van der Waals surface area (Å²) in [6.07, 6.45) is 1.90. The highest BCUT2D eigenvalue weighted by molar-refractivity contribution is 14.0. The molecule has 0 unspecified atom stereocenters. The maximum atomic E-state index is 5.94. The van der Waals surface area contributed by atoms with Gasteiger partial charge in [-0.2, -0.15) is 0 Å². The van der Waals surface area contributed by atoms with E-state index in [9.17, 15) is 0 Å². The van der Waals surface area contributed by atoms with Gasteiger partial charge in [-0.05, 0) is 44.4 Å². The number of guanidine groups is 1. The van der Waals surface area contributed by atoms with Crippen molar-refractivity contribution in [1.82, 2.24) is 4.90 Å². The number of benzene rings is 1. The third kappa shape index (κ3) is 6.29. The zero-order chi connectivity index (χ0) is 15.7. The molecule has 0 aliphatic rings. The van der Waals surface area contributed by atoms with Crippen LogP contribution in [-0.2, 0) is 6.42 Å². The molecular weight excluding hydrogens is 393 g/mol. The van der Waals surface area contributed by atoms with Crippen molar-refractivity contribution in [2.24, 2.45) is 10.7 Å². The van der Waals surface area contributed by atoms with Crippen molar-refractivity contribution in [2.45, 2.75) is 26.7 Å². The van der Waals surface area contributed by atoms with E-state index in [1.165, 1.54) is 5.56 Å². The normalized spacial score (nSPS) is 10.8. The molecule has 1 aromatic carbocycles. The van der Waals surface area contributed by atoms with Gasteiger partial charge in [0.25, 0.3) is 0 Å². The smallest absolute Gasteiger partial charge is 0.191 e. The van der Waals surface area contributed by atoms with Crippen molar-refractivity contribution >= 4 is 29.9 Å². The quantitative estimate of drug-likeness (QED) is 0.304. The Balaban J connectivity index is 0.00000441. The topological polar surface area (TPSA) is 60.1 Å². The molecule has 0 aliphatic heterocycles. The lowest BCUT2D eigenvalue weighted by Gasteiger charge is -2.19. The molecule has 0 spiro atoms. The van der Waals surface area contributed by atoms with Gasteiger partial charge in [0.05, 0.1) is 14.2 Å². The zero-order valence-electron chi connectivity index (χ0n) is 14.0. The first-order valence-electron chi connectivity index (χ1n) is 7.42. The third-order valence-electron chi connectivity index (χ3n) is 3.43. The standard InChI is InChI=1S/C16H27N3O2.HI/c1-5-19(6-2)16(17)18-11-7-8-13-9-10-14(20-3)15(12-13)21-4;/h9-10,12H,5-8,11H2,1-4H3,(H2,17,18);1H. The van der Waals surface area contributed by atoms with Gasteiger partial charge in [0, 0.05) is 19.6 Å². The van der Waals surface area contributed by atoms with E-state index >= 15 is 0 Å². The van der Waals surface area contributed by atoms with Gasteiger partial charge in [-0.1, -0.05) is 6.07 Å². The van der Waals surface area contributed by atoms with Crippen molar-refractivity contribution in [3.05, 3.63) is 23.8 Å². The van der Waals surface area contributed by atoms with Crippen LogP contribution in [0.5, 0.6) is 11.5 Å². The fraction of sp³-hybridized carbons (Fsp3) is 0.562. The predicted octanol–water partition coefficient (Wildman–Crippen LogP) is 2.91. The summed E-state index contributed by atoms with van der Waals surface area (Å²) in [6.45, 7) is 6.67. The summed E-state index contributed by atoms with van der Waals surface area (Å²) in [5.41, 5.74) is 7.15. The molecule has 0 bridgehead atoms. The van der Waals surface area contributed by atoms with Crippen LogP contribution in [0, 0.1) is 0 Å². The van der Waals surface area contributed by atoms with Crippen LogP contribution >= 0.6 is 24.0 Å². The van der Waals surface area contributed by atoms with Crippen molar-refractivity contribution in [1.29, 1.82) is 0 Å². The number of rotatable bonds is 8. The number of nitrogens with two attached hydrogens (primary N) is 1. The Bertz CT molecular complexity index is 463. The monoisotopic (exact) mass is 421 g/mol. The Morgan fingerprint density at radius 2 is 1.77 bits per heavy atom. The Hall–Kier alpha value is -1.18. The summed E-state index contributed by atoms with van der Waals surface area (Å²) in [6, 6.07) is 6.00. The SMILES string of the molecule is CCN(CC)C(N)=NCCCc1ccc(OC)c(OC)c1.I. The molecule has 126 valence electrons. The minimum absolute atomic E-state index is 0. The number of hydrogen-bond donors (Lipinski definition) is 1. The molecule has 0 heterocycles. The molecular formula is C16H28IN3O2. The average Bonchev–Trinajstić information content (AvgIpc) is 2.52. The number of aliphatic imine (C=N–C) groups is 1. The summed E-state index contributed by atoms with van der Waals surface area (Å²) < 4.78 is 10.5. The molecule has 6 heteroatoms. The molecule has 0 aromatic heterocycles. The van der Waals surface area contributed by atoms with Crippen molar-refractivity contribution in [3.8, 4) is 11.5 Å². The van der Waals surface area contributed by atoms with Crippen molar-refractivity contribution in [2.75, 3.05) is 33.9 Å². The van der Waals surface area contributed by atoms with Crippen LogP contribution in [0.2, 0.25) is 0 Å². The number of nitrogens with zero attached hydrogens (tertiary/aromatic N) is 2. The molecule has 5 nitrogen and oxygen atoms in total. The first-order valence-corrected chi connectivity index (χ1v) is 7.42. The van der Waals surface area contributed by atoms with Crippen molar-refractivity contribution < 1.29 is 9.47 Å². The summed E-state index contributed by atoms with van der Waals surface area (Å²) in [5.74, 6) is 2.15. The molecule has 0 radical (unpaired) electrons. The molecule has 0 saturated carbocycles. The molecule has 0 saturated heterocycles. The second-order valence-corrected chi connectivity index (χ2v) is 4.71. The van der Waals surface area contributed by atoms with Crippen LogP contribution in [0.4, 0.5) is 0 Å². The minimum Gasteiger partial charge on any atom is -0.493 e. The molecule has 0 atom stereocenters. The highest BCUT2D eigenvalue weighted by Crippen LogP contribution is 2.27. The lowest BCUT2D eigenvalue weighted by atomic mass is 10.1. The number of aryl methyl sites for hydroxylation is 1. The average molecular weight is 421 g/mol. The van der Waals surface area contributed by atoms with E-state index in [4.69, 9.17) is 15.2 Å². The Morgan fingerprint density at radius 1 is 1.14 bits per heavy atom. The summed E-state index contributed by atoms with van der Waals surface area (Å²) in [4.78, 5) is 6.47. The van der Waals surface area contributed by atoms with Gasteiger partial charge in [-0.3, -0.25) is 4.99 Å². The predicted molar refractivity (Wildman–Crippen MR) is 103 cm³/mol. The van der Waals surface area contributed by atoms with Crippen LogP contribution in [0.1, 0.15) is 25.8 Å². The van der Waals surface area contributed by atoms with E-state index in [-0.39, 0.29) is 24.0 Å². The lowest BCUT2D eigenvalue weighted by Crippen LogP contribution is -2.37. The van der Waals surface area contributed by atoms with E-state index in [0.29, 0.717) is 5.96 Å². The van der Waals surface area contributed by atoms with E-state index < -0.39 is 0 Å². The molecule has 0 amide bonds. The van der Waals surface area contributed by atoms with Gasteiger partial charge < -0.3 is 20.1 Å². The Kier molecular flexibility index (Phi) is 10.8. The molecule has 2 N–H and O–H groups in total. The van der Waals surface area contributed by atoms with Gasteiger partial charge in [0.15, 0.2) is 17.5 Å². The highest BCUT2D eigenvalue weighted by atomic mass is 127. The summed E-state index contributed by atoms with van der Waals surface area (Å²) in [7, 11) is 3.29. The van der Waals surface area contributed by atoms with E-state index in [2.05, 4.69) is 29.8 Å². The van der Waals surface area contributed by atoms with Gasteiger partial charge in [0.2, 0.25) is 0 Å². The number of methoxy groups -OCH3 is 2. The van der Waals surface area contributed by atoms with Crippen LogP contribution in [0.25, 0.3) is 0 Å². The first kappa shape index (κ1) is 20.8. The van der Waals surface area contributed by atoms with E-state index in [1.54, 1.807) is 14.2 Å². The number of halogens is 1. The largest absolute Gasteiger partial charge is 0.493 e. The van der Waals surface area contributed by atoms with Crippen LogP contribution in [0.15, 0.2) is 23.2 Å². The second-order valence-electron chi connectivity index (χ2n) is 4.71. The minimum atomic E-state index is 0. The van der Waals surface area contributed by atoms with E-state index in [0.717, 1.165) is 44.0 Å². The zero-order valence-corrected chi connectivity index (χ0v) is 16.3. The highest BCUT2D eigenvalue weighted by Gasteiger charge is 2.05. The third-order valence-corrected chi connectivity index (χ3v) is 3.43. The summed E-state index contributed by atoms with van der Waals surface area (Å²) >= 11 is 0. The first-order chi connectivity index (χ1) is 10.2. The van der Waals surface area contributed by atoms with Gasteiger partial charge >= 0.3 is 0 Å². The molecule has 1 rings (SSSR count). The fourth-order valence-electron chi connectivity index (χ4n) is 2.16. The Labute approximate surface area is 150 Å².